The third-order valence-corrected chi connectivity index (χ3v) is 4.08. The highest BCUT2D eigenvalue weighted by Crippen LogP contribution is 2.27. The number of nitrogen functional groups attached to an aromatic ring is 1. The van der Waals surface area contributed by atoms with Crippen LogP contribution in [0.25, 0.3) is 10.7 Å². The van der Waals surface area contributed by atoms with Crippen molar-refractivity contribution >= 4 is 17.2 Å². The van der Waals surface area contributed by atoms with Gasteiger partial charge in [0.15, 0.2) is 5.82 Å². The van der Waals surface area contributed by atoms with Gasteiger partial charge in [-0.3, -0.25) is 0 Å². The molecule has 4 heteroatoms. The molecule has 0 saturated heterocycles. The third-order valence-electron chi connectivity index (χ3n) is 2.85. The molecule has 17 heavy (non-hydrogen) atoms. The van der Waals surface area contributed by atoms with Crippen molar-refractivity contribution in [2.75, 3.05) is 5.73 Å². The quantitative estimate of drug-likeness (QED) is 0.906. The molecule has 0 radical (unpaired) electrons. The Balaban J connectivity index is 2.48. The lowest BCUT2D eigenvalue weighted by Crippen LogP contribution is -2.03. The van der Waals surface area contributed by atoms with Gasteiger partial charge in [0.1, 0.15) is 5.82 Å². The maximum absolute atomic E-state index is 5.93. The summed E-state index contributed by atoms with van der Waals surface area (Å²) in [6, 6.07) is 4.21. The van der Waals surface area contributed by atoms with Gasteiger partial charge in [-0.05, 0) is 31.9 Å². The third kappa shape index (κ3) is 2.31. The second kappa shape index (κ2) is 4.84. The zero-order valence-corrected chi connectivity index (χ0v) is 11.3. The van der Waals surface area contributed by atoms with E-state index in [1.54, 1.807) is 11.3 Å². The molecule has 0 aliphatic rings. The average Bonchev–Trinajstić information content (AvgIpc) is 2.81. The second-order valence-electron chi connectivity index (χ2n) is 3.98. The first-order valence-electron chi connectivity index (χ1n) is 5.87. The van der Waals surface area contributed by atoms with E-state index in [9.17, 15) is 0 Å². The predicted molar refractivity (Wildman–Crippen MR) is 73.3 cm³/mol. The Morgan fingerprint density at radius 1 is 1.18 bits per heavy atom. The zero-order valence-electron chi connectivity index (χ0n) is 10.4. The Morgan fingerprint density at radius 2 is 1.94 bits per heavy atom. The second-order valence-corrected chi connectivity index (χ2v) is 5.15. The first-order valence-corrected chi connectivity index (χ1v) is 6.69. The highest BCUT2D eigenvalue weighted by atomic mass is 32.1. The van der Waals surface area contributed by atoms with Crippen molar-refractivity contribution in [2.45, 2.75) is 33.6 Å². The smallest absolute Gasteiger partial charge is 0.171 e. The van der Waals surface area contributed by atoms with Crippen LogP contribution in [-0.2, 0) is 12.8 Å². The fourth-order valence-corrected chi connectivity index (χ4v) is 2.61. The molecule has 90 valence electrons. The van der Waals surface area contributed by atoms with E-state index in [1.807, 2.05) is 6.92 Å². The molecular weight excluding hydrogens is 230 g/mol. The SMILES string of the molecule is CCc1ccc(-c2nc(N)c(C)c(CC)n2)s1. The Hall–Kier alpha value is -1.42. The minimum atomic E-state index is 0.596. The fourth-order valence-electron chi connectivity index (χ4n) is 1.72. The number of nitrogens with zero attached hydrogens (tertiary/aromatic N) is 2. The van der Waals surface area contributed by atoms with Gasteiger partial charge in [-0.1, -0.05) is 13.8 Å². The van der Waals surface area contributed by atoms with Gasteiger partial charge in [0.05, 0.1) is 4.88 Å². The largest absolute Gasteiger partial charge is 0.383 e. The van der Waals surface area contributed by atoms with Gasteiger partial charge in [0.25, 0.3) is 0 Å². The number of nitrogens with two attached hydrogens (primary N) is 1. The van der Waals surface area contributed by atoms with Gasteiger partial charge in [-0.2, -0.15) is 0 Å². The lowest BCUT2D eigenvalue weighted by molar-refractivity contribution is 0.984. The zero-order chi connectivity index (χ0) is 12.4. The first kappa shape index (κ1) is 12.0. The van der Waals surface area contributed by atoms with Crippen LogP contribution in [0.2, 0.25) is 0 Å². The van der Waals surface area contributed by atoms with Crippen LogP contribution < -0.4 is 5.73 Å². The predicted octanol–water partition coefficient (Wildman–Crippen LogP) is 3.22. The summed E-state index contributed by atoms with van der Waals surface area (Å²) in [5, 5.41) is 0. The van der Waals surface area contributed by atoms with Crippen LogP contribution >= 0.6 is 11.3 Å². The topological polar surface area (TPSA) is 51.8 Å². The van der Waals surface area contributed by atoms with Crippen LogP contribution in [0.4, 0.5) is 5.82 Å². The molecule has 0 atom stereocenters. The van der Waals surface area contributed by atoms with Crippen LogP contribution in [0.5, 0.6) is 0 Å². The summed E-state index contributed by atoms with van der Waals surface area (Å²) in [5.74, 6) is 1.35. The molecule has 0 aromatic carbocycles. The van der Waals surface area contributed by atoms with Crippen molar-refractivity contribution in [3.63, 3.8) is 0 Å². The normalized spacial score (nSPS) is 10.8. The van der Waals surface area contributed by atoms with E-state index in [0.717, 1.165) is 34.8 Å². The molecule has 0 saturated carbocycles. The number of thiophene rings is 1. The fraction of sp³-hybridized carbons (Fsp3) is 0.385. The number of aryl methyl sites for hydroxylation is 2. The van der Waals surface area contributed by atoms with Crippen molar-refractivity contribution in [2.24, 2.45) is 0 Å². The number of rotatable bonds is 3. The Bertz CT molecular complexity index is 531. The van der Waals surface area contributed by atoms with Crippen LogP contribution in [0.3, 0.4) is 0 Å². The van der Waals surface area contributed by atoms with E-state index in [4.69, 9.17) is 5.73 Å². The van der Waals surface area contributed by atoms with Gasteiger partial charge in [-0.15, -0.1) is 11.3 Å². The van der Waals surface area contributed by atoms with Crippen molar-refractivity contribution in [3.05, 3.63) is 28.3 Å². The van der Waals surface area contributed by atoms with Gasteiger partial charge >= 0.3 is 0 Å². The lowest BCUT2D eigenvalue weighted by Gasteiger charge is -2.07. The molecule has 0 unspecified atom stereocenters. The minimum Gasteiger partial charge on any atom is -0.383 e. The molecule has 2 aromatic heterocycles. The summed E-state index contributed by atoms with van der Waals surface area (Å²) in [4.78, 5) is 11.4. The summed E-state index contributed by atoms with van der Waals surface area (Å²) in [7, 11) is 0. The molecule has 2 heterocycles. The van der Waals surface area contributed by atoms with Crippen LogP contribution in [0.15, 0.2) is 12.1 Å². The van der Waals surface area contributed by atoms with Crippen LogP contribution in [0, 0.1) is 6.92 Å². The molecular formula is C13H17N3S. The Morgan fingerprint density at radius 3 is 2.53 bits per heavy atom. The Kier molecular flexibility index (Phi) is 3.43. The van der Waals surface area contributed by atoms with Crippen LogP contribution in [0.1, 0.15) is 30.0 Å². The molecule has 0 aliphatic heterocycles. The monoisotopic (exact) mass is 247 g/mol. The maximum atomic E-state index is 5.93. The van der Waals surface area contributed by atoms with E-state index in [0.29, 0.717) is 5.82 Å². The molecule has 3 nitrogen and oxygen atoms in total. The van der Waals surface area contributed by atoms with E-state index < -0.39 is 0 Å². The number of anilines is 1. The first-order chi connectivity index (χ1) is 8.15. The summed E-state index contributed by atoms with van der Waals surface area (Å²) in [5.41, 5.74) is 7.97. The standard InChI is InChI=1S/C13H17N3S/c1-4-9-6-7-11(17-9)13-15-10(5-2)8(3)12(14)16-13/h6-7H,4-5H2,1-3H3,(H2,14,15,16). The van der Waals surface area contributed by atoms with E-state index in [2.05, 4.69) is 35.9 Å². The molecule has 0 aliphatic carbocycles. The maximum Gasteiger partial charge on any atom is 0.171 e. The summed E-state index contributed by atoms with van der Waals surface area (Å²) < 4.78 is 0. The summed E-state index contributed by atoms with van der Waals surface area (Å²) in [6.45, 7) is 6.21. The van der Waals surface area contributed by atoms with Crippen molar-refractivity contribution in [1.29, 1.82) is 0 Å². The highest BCUT2D eigenvalue weighted by molar-refractivity contribution is 7.15. The average molecular weight is 247 g/mol. The lowest BCUT2D eigenvalue weighted by atomic mass is 10.2. The molecule has 0 fully saturated rings. The molecule has 2 N–H and O–H groups in total. The van der Waals surface area contributed by atoms with Crippen molar-refractivity contribution in [1.82, 2.24) is 9.97 Å². The molecule has 0 bridgehead atoms. The molecule has 2 rings (SSSR count). The van der Waals surface area contributed by atoms with Gasteiger partial charge in [-0.25, -0.2) is 9.97 Å². The van der Waals surface area contributed by atoms with Gasteiger partial charge in [0, 0.05) is 16.1 Å². The van der Waals surface area contributed by atoms with Crippen LogP contribution in [-0.4, -0.2) is 9.97 Å². The van der Waals surface area contributed by atoms with Gasteiger partial charge in [0.2, 0.25) is 0 Å². The molecule has 2 aromatic rings. The number of aromatic nitrogens is 2. The highest BCUT2D eigenvalue weighted by Gasteiger charge is 2.10. The van der Waals surface area contributed by atoms with Gasteiger partial charge < -0.3 is 5.73 Å². The van der Waals surface area contributed by atoms with Crippen molar-refractivity contribution < 1.29 is 0 Å². The molecule has 0 spiro atoms. The summed E-state index contributed by atoms with van der Waals surface area (Å²) >= 11 is 1.74. The summed E-state index contributed by atoms with van der Waals surface area (Å²) in [6.07, 6.45) is 1.93. The number of hydrogen-bond acceptors (Lipinski definition) is 4. The molecule has 0 amide bonds. The van der Waals surface area contributed by atoms with Crippen molar-refractivity contribution in [3.8, 4) is 10.7 Å². The Labute approximate surface area is 106 Å². The van der Waals surface area contributed by atoms with E-state index in [1.165, 1.54) is 4.88 Å². The minimum absolute atomic E-state index is 0.596. The van der Waals surface area contributed by atoms with E-state index in [-0.39, 0.29) is 0 Å². The van der Waals surface area contributed by atoms with E-state index >= 15 is 0 Å². The number of hydrogen-bond donors (Lipinski definition) is 1.